The number of carbonyl (C=O) groups is 1. The number of rotatable bonds is 4. The highest BCUT2D eigenvalue weighted by molar-refractivity contribution is 9.11. The Morgan fingerprint density at radius 2 is 2.28 bits per heavy atom. The molecule has 0 saturated carbocycles. The second-order valence-electron chi connectivity index (χ2n) is 4.42. The number of halogens is 1. The van der Waals surface area contributed by atoms with Gasteiger partial charge in [-0.05, 0) is 34.0 Å². The Morgan fingerprint density at radius 1 is 1.56 bits per heavy atom. The molecule has 4 nitrogen and oxygen atoms in total. The largest absolute Gasteiger partial charge is 0.478 e. The molecule has 2 aromatic rings. The Bertz CT molecular complexity index is 574. The van der Waals surface area contributed by atoms with Crippen LogP contribution in [0.5, 0.6) is 0 Å². The molecule has 1 N–H and O–H groups in total. The van der Waals surface area contributed by atoms with Gasteiger partial charge in [0.1, 0.15) is 11.3 Å². The summed E-state index contributed by atoms with van der Waals surface area (Å²) < 4.78 is 2.67. The molecule has 0 saturated heterocycles. The second kappa shape index (κ2) is 5.24. The molecule has 96 valence electrons. The molecule has 0 unspecified atom stereocenters. The first-order chi connectivity index (χ1) is 8.47. The van der Waals surface area contributed by atoms with Crippen LogP contribution in [0.3, 0.4) is 0 Å². The van der Waals surface area contributed by atoms with Gasteiger partial charge in [0.05, 0.1) is 8.66 Å². The SMILES string of the molecule is CC(C)Cn1cc(C(=O)O)c(-c2ccc(Br)s2)n1. The molecule has 0 aliphatic heterocycles. The lowest BCUT2D eigenvalue weighted by Gasteiger charge is -2.03. The number of aromatic nitrogens is 2. The predicted molar refractivity (Wildman–Crippen MR) is 75.0 cm³/mol. The molecule has 2 rings (SSSR count). The maximum Gasteiger partial charge on any atom is 0.339 e. The first kappa shape index (κ1) is 13.3. The van der Waals surface area contributed by atoms with Gasteiger partial charge in [0.2, 0.25) is 0 Å². The van der Waals surface area contributed by atoms with Gasteiger partial charge in [0, 0.05) is 12.7 Å². The van der Waals surface area contributed by atoms with Crippen molar-refractivity contribution in [2.24, 2.45) is 5.92 Å². The minimum Gasteiger partial charge on any atom is -0.478 e. The highest BCUT2D eigenvalue weighted by atomic mass is 79.9. The van der Waals surface area contributed by atoms with Crippen LogP contribution >= 0.6 is 27.3 Å². The molecule has 0 radical (unpaired) electrons. The van der Waals surface area contributed by atoms with Crippen LogP contribution in [-0.2, 0) is 6.54 Å². The lowest BCUT2D eigenvalue weighted by molar-refractivity contribution is 0.0697. The average molecular weight is 329 g/mol. The van der Waals surface area contributed by atoms with Gasteiger partial charge in [0.15, 0.2) is 0 Å². The highest BCUT2D eigenvalue weighted by Gasteiger charge is 2.18. The van der Waals surface area contributed by atoms with E-state index in [1.165, 1.54) is 11.3 Å². The summed E-state index contributed by atoms with van der Waals surface area (Å²) in [6, 6.07) is 3.77. The molecule has 6 heteroatoms. The minimum atomic E-state index is -0.940. The molecule has 0 aliphatic carbocycles. The van der Waals surface area contributed by atoms with Gasteiger partial charge < -0.3 is 5.11 Å². The Balaban J connectivity index is 2.44. The van der Waals surface area contributed by atoms with Crippen LogP contribution in [0, 0.1) is 5.92 Å². The van der Waals surface area contributed by atoms with E-state index in [2.05, 4.69) is 34.9 Å². The number of carboxylic acids is 1. The molecular weight excluding hydrogens is 316 g/mol. The smallest absolute Gasteiger partial charge is 0.339 e. The van der Waals surface area contributed by atoms with Crippen molar-refractivity contribution in [1.29, 1.82) is 0 Å². The van der Waals surface area contributed by atoms with Gasteiger partial charge in [-0.25, -0.2) is 4.79 Å². The summed E-state index contributed by atoms with van der Waals surface area (Å²) in [7, 11) is 0. The van der Waals surface area contributed by atoms with Crippen molar-refractivity contribution in [3.63, 3.8) is 0 Å². The molecule has 0 amide bonds. The normalized spacial score (nSPS) is 11.1. The van der Waals surface area contributed by atoms with Gasteiger partial charge in [-0.15, -0.1) is 11.3 Å². The summed E-state index contributed by atoms with van der Waals surface area (Å²) in [5, 5.41) is 13.6. The first-order valence-corrected chi connectivity index (χ1v) is 7.14. The van der Waals surface area contributed by atoms with Crippen molar-refractivity contribution >= 4 is 33.2 Å². The maximum absolute atomic E-state index is 11.2. The van der Waals surface area contributed by atoms with Crippen LogP contribution in [0.1, 0.15) is 24.2 Å². The highest BCUT2D eigenvalue weighted by Crippen LogP contribution is 2.32. The van der Waals surface area contributed by atoms with Gasteiger partial charge >= 0.3 is 5.97 Å². The quantitative estimate of drug-likeness (QED) is 0.930. The zero-order valence-corrected chi connectivity index (χ0v) is 12.5. The standard InChI is InChI=1S/C12H13BrN2O2S/c1-7(2)5-15-6-8(12(16)17)11(14-15)9-3-4-10(13)18-9/h3-4,6-7H,5H2,1-2H3,(H,16,17). The summed E-state index contributed by atoms with van der Waals surface area (Å²) in [4.78, 5) is 12.1. The topological polar surface area (TPSA) is 55.1 Å². The van der Waals surface area contributed by atoms with E-state index >= 15 is 0 Å². The lowest BCUT2D eigenvalue weighted by atomic mass is 10.2. The molecule has 0 aliphatic rings. The molecule has 0 fully saturated rings. The summed E-state index contributed by atoms with van der Waals surface area (Å²) in [5.74, 6) is -0.515. The van der Waals surface area contributed by atoms with Gasteiger partial charge in [-0.1, -0.05) is 13.8 Å². The Labute approximate surface area is 117 Å². The zero-order chi connectivity index (χ0) is 13.3. The van der Waals surface area contributed by atoms with Crippen LogP contribution in [0.25, 0.3) is 10.6 Å². The Hall–Kier alpha value is -1.14. The van der Waals surface area contributed by atoms with E-state index < -0.39 is 5.97 Å². The van der Waals surface area contributed by atoms with Crippen LogP contribution < -0.4 is 0 Å². The third-order valence-corrected chi connectivity index (χ3v) is 3.98. The molecule has 2 heterocycles. The van der Waals surface area contributed by atoms with Crippen molar-refractivity contribution in [1.82, 2.24) is 9.78 Å². The second-order valence-corrected chi connectivity index (χ2v) is 6.88. The van der Waals surface area contributed by atoms with Crippen LogP contribution in [0.15, 0.2) is 22.1 Å². The van der Waals surface area contributed by atoms with E-state index in [1.807, 2.05) is 12.1 Å². The molecule has 2 aromatic heterocycles. The van der Waals surface area contributed by atoms with Crippen molar-refractivity contribution in [3.8, 4) is 10.6 Å². The number of nitrogens with zero attached hydrogens (tertiary/aromatic N) is 2. The first-order valence-electron chi connectivity index (χ1n) is 5.54. The number of hydrogen-bond donors (Lipinski definition) is 1. The van der Waals surface area contributed by atoms with Crippen molar-refractivity contribution in [2.75, 3.05) is 0 Å². The predicted octanol–water partition coefficient (Wildman–Crippen LogP) is 3.73. The summed E-state index contributed by atoms with van der Waals surface area (Å²) in [6.07, 6.45) is 1.60. The summed E-state index contributed by atoms with van der Waals surface area (Å²) >= 11 is 4.86. The van der Waals surface area contributed by atoms with Crippen molar-refractivity contribution in [3.05, 3.63) is 27.7 Å². The van der Waals surface area contributed by atoms with Crippen molar-refractivity contribution < 1.29 is 9.90 Å². The number of aromatic carboxylic acids is 1. The number of thiophene rings is 1. The monoisotopic (exact) mass is 328 g/mol. The van der Waals surface area contributed by atoms with Gasteiger partial charge in [-0.3, -0.25) is 4.68 Å². The summed E-state index contributed by atoms with van der Waals surface area (Å²) in [5.41, 5.74) is 0.795. The Morgan fingerprint density at radius 3 is 2.78 bits per heavy atom. The van der Waals surface area contributed by atoms with E-state index in [0.29, 0.717) is 18.2 Å². The maximum atomic E-state index is 11.2. The third kappa shape index (κ3) is 2.81. The van der Waals surface area contributed by atoms with Crippen molar-refractivity contribution in [2.45, 2.75) is 20.4 Å². The lowest BCUT2D eigenvalue weighted by Crippen LogP contribution is -2.04. The molecule has 0 atom stereocenters. The van der Waals surface area contributed by atoms with E-state index in [-0.39, 0.29) is 5.56 Å². The molecular formula is C12H13BrN2O2S. The molecule has 0 bridgehead atoms. The van der Waals surface area contributed by atoms with E-state index in [9.17, 15) is 9.90 Å². The molecule has 18 heavy (non-hydrogen) atoms. The van der Waals surface area contributed by atoms with E-state index in [4.69, 9.17) is 0 Å². The van der Waals surface area contributed by atoms with E-state index in [1.54, 1.807) is 10.9 Å². The van der Waals surface area contributed by atoms with E-state index in [0.717, 1.165) is 8.66 Å². The molecule has 0 spiro atoms. The van der Waals surface area contributed by atoms with Crippen LogP contribution in [0.4, 0.5) is 0 Å². The zero-order valence-electron chi connectivity index (χ0n) is 10.1. The minimum absolute atomic E-state index is 0.255. The number of carboxylic acid groups (broad SMARTS) is 1. The molecule has 0 aromatic carbocycles. The van der Waals surface area contributed by atoms with Crippen LogP contribution in [0.2, 0.25) is 0 Å². The fourth-order valence-electron chi connectivity index (χ4n) is 1.67. The summed E-state index contributed by atoms with van der Waals surface area (Å²) in [6.45, 7) is 4.86. The Kier molecular flexibility index (Phi) is 3.87. The third-order valence-electron chi connectivity index (χ3n) is 2.35. The number of hydrogen-bond acceptors (Lipinski definition) is 3. The van der Waals surface area contributed by atoms with Gasteiger partial charge in [0.25, 0.3) is 0 Å². The van der Waals surface area contributed by atoms with Crippen LogP contribution in [-0.4, -0.2) is 20.9 Å². The van der Waals surface area contributed by atoms with Gasteiger partial charge in [-0.2, -0.15) is 5.10 Å². The fraction of sp³-hybridized carbons (Fsp3) is 0.333. The fourth-order valence-corrected chi connectivity index (χ4v) is 3.05. The average Bonchev–Trinajstić information content (AvgIpc) is 2.83.